The van der Waals surface area contributed by atoms with Crippen molar-refractivity contribution in [2.24, 2.45) is 0 Å². The molecule has 4 atom stereocenters. The van der Waals surface area contributed by atoms with Crippen molar-refractivity contribution in [1.29, 1.82) is 0 Å². The summed E-state index contributed by atoms with van der Waals surface area (Å²) in [5.74, 6) is 1.03. The first-order valence-electron chi connectivity index (χ1n) is 17.2. The molecule has 0 spiro atoms. The van der Waals surface area contributed by atoms with E-state index in [-0.39, 0.29) is 24.8 Å². The summed E-state index contributed by atoms with van der Waals surface area (Å²) in [6.45, 7) is 11.7. The van der Waals surface area contributed by atoms with Gasteiger partial charge in [0.1, 0.15) is 41.4 Å². The first-order chi connectivity index (χ1) is 25.1. The number of nitrogens with zero attached hydrogens (tertiary/aromatic N) is 2. The summed E-state index contributed by atoms with van der Waals surface area (Å²) in [4.78, 5) is 41.5. The van der Waals surface area contributed by atoms with Crippen molar-refractivity contribution in [3.05, 3.63) is 118 Å². The van der Waals surface area contributed by atoms with E-state index >= 15 is 0 Å². The number of ether oxygens (including phenoxy) is 4. The number of hydrogen-bond acceptors (Lipinski definition) is 10. The van der Waals surface area contributed by atoms with Gasteiger partial charge in [0, 0.05) is 19.5 Å². The second-order valence-electron chi connectivity index (χ2n) is 12.0. The topological polar surface area (TPSA) is 155 Å². The van der Waals surface area contributed by atoms with Crippen LogP contribution in [0.2, 0.25) is 0 Å². The van der Waals surface area contributed by atoms with Crippen LogP contribution in [0, 0.1) is 0 Å². The van der Waals surface area contributed by atoms with Gasteiger partial charge in [0.2, 0.25) is 5.91 Å². The number of methoxy groups -OCH3 is 2. The number of hydrogen-bond donors (Lipinski definition) is 2. The predicted molar refractivity (Wildman–Crippen MR) is 195 cm³/mol. The molecule has 0 aliphatic carbocycles. The van der Waals surface area contributed by atoms with Gasteiger partial charge >= 0.3 is 13.9 Å². The van der Waals surface area contributed by atoms with Gasteiger partial charge in [-0.3, -0.25) is 9.36 Å². The minimum absolute atomic E-state index is 0.0296. The summed E-state index contributed by atoms with van der Waals surface area (Å²) in [7, 11) is -0.0728. The van der Waals surface area contributed by atoms with Crippen LogP contribution in [0.25, 0.3) is 0 Å². The molecule has 1 fully saturated rings. The highest BCUT2D eigenvalue weighted by atomic mass is 31.1. The van der Waals surface area contributed by atoms with Crippen LogP contribution in [0.3, 0.4) is 0 Å². The van der Waals surface area contributed by atoms with Crippen molar-refractivity contribution in [2.45, 2.75) is 58.2 Å². The monoisotopic (exact) mass is 735 g/mol. The van der Waals surface area contributed by atoms with Crippen molar-refractivity contribution in [2.75, 3.05) is 45.8 Å². The molecule has 1 aromatic heterocycles. The summed E-state index contributed by atoms with van der Waals surface area (Å²) in [6.07, 6.45) is -1.31. The molecule has 1 aliphatic rings. The number of anilines is 1. The van der Waals surface area contributed by atoms with Gasteiger partial charge in [-0.15, -0.1) is 4.52 Å². The molecule has 5 rings (SSSR count). The standard InChI is InChI=1S/C32H32N3O9P.C6H15N/c1-21(36)33-29-17-18-35(31(37)34-29)30-19-27(44-45(38)39)28(43-30)20-42-32(22-7-5-4-6-8-22,23-9-13-25(40-2)14-10-23)24-11-15-26(41-3)16-12-24;1-4-7(5-2)6-3/h4-18,27-28,30H,19-20H2,1-3H3,(H,33,34,36,37);4-6H2,1-3H3/p+1/t27-,28+,30+;/m0./s1. The Morgan fingerprint density at radius 2 is 1.46 bits per heavy atom. The van der Waals surface area contributed by atoms with Gasteiger partial charge in [0.15, 0.2) is 0 Å². The van der Waals surface area contributed by atoms with Crippen LogP contribution in [0.1, 0.15) is 57.0 Å². The number of quaternary nitrogens is 1. The quantitative estimate of drug-likeness (QED) is 0.136. The molecular formula is C38H48N4O9P+. The lowest BCUT2D eigenvalue weighted by molar-refractivity contribution is -0.894. The lowest BCUT2D eigenvalue weighted by atomic mass is 9.80. The number of benzene rings is 3. The average molecular weight is 736 g/mol. The first-order valence-corrected chi connectivity index (χ1v) is 18.3. The molecule has 4 aromatic rings. The van der Waals surface area contributed by atoms with E-state index in [1.807, 2.05) is 78.9 Å². The zero-order chi connectivity index (χ0) is 37.7. The minimum Gasteiger partial charge on any atom is -0.566 e. The predicted octanol–water partition coefficient (Wildman–Crippen LogP) is 3.85. The molecule has 0 radical (unpaired) electrons. The van der Waals surface area contributed by atoms with Crippen LogP contribution >= 0.6 is 8.25 Å². The molecule has 1 amide bonds. The van der Waals surface area contributed by atoms with Gasteiger partial charge in [-0.2, -0.15) is 4.98 Å². The lowest BCUT2D eigenvalue weighted by Gasteiger charge is -2.37. The minimum atomic E-state index is -3.24. The molecule has 52 heavy (non-hydrogen) atoms. The second kappa shape index (κ2) is 19.4. The highest BCUT2D eigenvalue weighted by molar-refractivity contribution is 7.30. The van der Waals surface area contributed by atoms with Crippen molar-refractivity contribution in [3.8, 4) is 11.5 Å². The Bertz CT molecular complexity index is 1730. The summed E-state index contributed by atoms with van der Waals surface area (Å²) in [6, 6.07) is 26.0. The van der Waals surface area contributed by atoms with Crippen molar-refractivity contribution in [1.82, 2.24) is 9.55 Å². The van der Waals surface area contributed by atoms with Gasteiger partial charge in [-0.1, -0.05) is 54.6 Å². The molecule has 1 saturated heterocycles. The summed E-state index contributed by atoms with van der Waals surface area (Å²) >= 11 is 0. The van der Waals surface area contributed by atoms with Gasteiger partial charge < -0.3 is 34.1 Å². The number of aromatic nitrogens is 2. The summed E-state index contributed by atoms with van der Waals surface area (Å²) in [5.41, 5.74) is 0.472. The molecule has 2 heterocycles. The molecule has 0 saturated carbocycles. The molecule has 14 heteroatoms. The second-order valence-corrected chi connectivity index (χ2v) is 12.7. The maximum atomic E-state index is 12.8. The molecule has 1 aliphatic heterocycles. The van der Waals surface area contributed by atoms with Crippen LogP contribution in [0.4, 0.5) is 5.82 Å². The maximum absolute atomic E-state index is 12.8. The third-order valence-corrected chi connectivity index (χ3v) is 9.43. The highest BCUT2D eigenvalue weighted by Gasteiger charge is 2.45. The van der Waals surface area contributed by atoms with E-state index in [2.05, 4.69) is 31.1 Å². The Morgan fingerprint density at radius 1 is 0.923 bits per heavy atom. The third-order valence-electron chi connectivity index (χ3n) is 8.98. The van der Waals surface area contributed by atoms with Crippen LogP contribution in [0.15, 0.2) is 95.9 Å². The third kappa shape index (κ3) is 10.1. The largest absolute Gasteiger partial charge is 0.566 e. The fourth-order valence-corrected chi connectivity index (χ4v) is 6.60. The SMILES string of the molecule is CC[NH+](CC)CC.COc1ccc(C(OC[C@H]2O[C@@H](n3ccc(NC(C)=O)nc3=O)C[C@@H]2O[P+](=O)[O-])(c2ccccc2)c2ccc(OC)cc2)cc1. The van der Waals surface area contributed by atoms with Gasteiger partial charge in [0.25, 0.3) is 0 Å². The Morgan fingerprint density at radius 3 is 1.90 bits per heavy atom. The zero-order valence-electron chi connectivity index (χ0n) is 30.4. The number of amides is 1. The molecule has 13 nitrogen and oxygen atoms in total. The van der Waals surface area contributed by atoms with Gasteiger partial charge in [0.05, 0.1) is 40.5 Å². The van der Waals surface area contributed by atoms with E-state index in [0.29, 0.717) is 11.5 Å². The van der Waals surface area contributed by atoms with E-state index in [1.54, 1.807) is 19.1 Å². The van der Waals surface area contributed by atoms with Crippen molar-refractivity contribution < 1.29 is 42.6 Å². The fraction of sp³-hybridized carbons (Fsp3) is 0.395. The van der Waals surface area contributed by atoms with E-state index in [4.69, 9.17) is 23.5 Å². The Kier molecular flexibility index (Phi) is 15.0. The smallest absolute Gasteiger partial charge is 0.488 e. The average Bonchev–Trinajstić information content (AvgIpc) is 3.54. The Hall–Kier alpha value is -4.49. The van der Waals surface area contributed by atoms with E-state index in [1.165, 1.54) is 43.4 Å². The number of carbonyl (C=O) groups excluding carboxylic acids is 1. The van der Waals surface area contributed by atoms with Crippen LogP contribution in [0.5, 0.6) is 11.5 Å². The van der Waals surface area contributed by atoms with Crippen LogP contribution in [-0.2, 0) is 29.0 Å². The molecule has 278 valence electrons. The molecule has 2 N–H and O–H groups in total. The van der Waals surface area contributed by atoms with Crippen LogP contribution in [-0.4, -0.2) is 68.1 Å². The van der Waals surface area contributed by atoms with E-state index < -0.39 is 38.0 Å². The van der Waals surface area contributed by atoms with Crippen molar-refractivity contribution in [3.63, 3.8) is 0 Å². The van der Waals surface area contributed by atoms with Gasteiger partial charge in [-0.25, -0.2) is 4.79 Å². The first kappa shape index (κ1) is 40.3. The van der Waals surface area contributed by atoms with Crippen molar-refractivity contribution >= 4 is 20.0 Å². The highest BCUT2D eigenvalue weighted by Crippen LogP contribution is 2.43. The molecular weight excluding hydrogens is 687 g/mol. The number of nitrogens with one attached hydrogen (secondary N) is 2. The molecule has 3 aromatic carbocycles. The zero-order valence-corrected chi connectivity index (χ0v) is 31.3. The van der Waals surface area contributed by atoms with E-state index in [0.717, 1.165) is 16.7 Å². The number of carbonyl (C=O) groups is 1. The lowest BCUT2D eigenvalue weighted by Crippen LogP contribution is -3.11. The van der Waals surface area contributed by atoms with E-state index in [9.17, 15) is 19.0 Å². The maximum Gasteiger partial charge on any atom is 0.488 e. The normalized spacial score (nSPS) is 17.2. The van der Waals surface area contributed by atoms with Gasteiger partial charge in [-0.05, 0) is 72.4 Å². The Labute approximate surface area is 305 Å². The number of rotatable bonds is 15. The molecule has 1 unspecified atom stereocenters. The summed E-state index contributed by atoms with van der Waals surface area (Å²) in [5, 5.41) is 2.46. The summed E-state index contributed by atoms with van der Waals surface area (Å²) < 4.78 is 42.1. The van der Waals surface area contributed by atoms with Crippen LogP contribution < -0.4 is 30.3 Å². The molecule has 0 bridgehead atoms. The fourth-order valence-electron chi connectivity index (χ4n) is 6.16. The Balaban J connectivity index is 0.000000785.